The summed E-state index contributed by atoms with van der Waals surface area (Å²) in [5, 5.41) is 32.8. The second-order valence-electron chi connectivity index (χ2n) is 6.50. The lowest BCUT2D eigenvalue weighted by atomic mass is 10.1. The summed E-state index contributed by atoms with van der Waals surface area (Å²) in [4.78, 5) is 42.6. The Morgan fingerprint density at radius 2 is 1.44 bits per heavy atom. The van der Waals surface area contributed by atoms with E-state index in [0.717, 1.165) is 24.3 Å². The molecule has 34 heavy (non-hydrogen) atoms. The Kier molecular flexibility index (Phi) is 7.97. The molecule has 1 aromatic heterocycles. The fourth-order valence-electron chi connectivity index (χ4n) is 2.75. The van der Waals surface area contributed by atoms with Crippen LogP contribution in [-0.2, 0) is 7.05 Å². The Morgan fingerprint density at radius 1 is 0.971 bits per heavy atom. The Balaban J connectivity index is 0.000000257. The van der Waals surface area contributed by atoms with E-state index in [2.05, 4.69) is 20.8 Å². The predicted octanol–water partition coefficient (Wildman–Crippen LogP) is 3.24. The van der Waals surface area contributed by atoms with E-state index in [1.807, 2.05) is 0 Å². The van der Waals surface area contributed by atoms with Crippen LogP contribution in [0.15, 0.2) is 24.3 Å². The van der Waals surface area contributed by atoms with Crippen molar-refractivity contribution in [2.75, 3.05) is 5.32 Å². The standard InChI is InChI=1S/C10H9FN6O3.C8H5ClFNO3/c1-5-7(17(19)20)4-3-6(11)8(5)9(18)12-10-13-14-15-16(10)2;1-4-6(11(13)14)3-2-5(10)7(4)8(9)12/h3-4H,1-2H3,(H,12,13,15,18);2-3H,1H3. The van der Waals surface area contributed by atoms with Gasteiger partial charge >= 0.3 is 0 Å². The topological polar surface area (TPSA) is 176 Å². The summed E-state index contributed by atoms with van der Waals surface area (Å²) in [6.07, 6.45) is 0. The smallest absolute Gasteiger partial charge is 0.273 e. The highest BCUT2D eigenvalue weighted by atomic mass is 35.5. The van der Waals surface area contributed by atoms with Crippen molar-refractivity contribution in [2.24, 2.45) is 7.05 Å². The third-order valence-electron chi connectivity index (χ3n) is 4.43. The quantitative estimate of drug-likeness (QED) is 0.315. The summed E-state index contributed by atoms with van der Waals surface area (Å²) < 4.78 is 27.9. The number of tetrazole rings is 1. The largest absolute Gasteiger partial charge is 0.289 e. The molecule has 0 aliphatic rings. The summed E-state index contributed by atoms with van der Waals surface area (Å²) in [5.41, 5.74) is -1.65. The van der Waals surface area contributed by atoms with Gasteiger partial charge < -0.3 is 0 Å². The van der Waals surface area contributed by atoms with Crippen molar-refractivity contribution in [2.45, 2.75) is 13.8 Å². The van der Waals surface area contributed by atoms with E-state index in [0.29, 0.717) is 0 Å². The first-order valence-electron chi connectivity index (χ1n) is 8.97. The number of aromatic nitrogens is 4. The highest BCUT2D eigenvalue weighted by Gasteiger charge is 2.24. The number of carbonyl (C=O) groups is 2. The summed E-state index contributed by atoms with van der Waals surface area (Å²) in [5.74, 6) is -2.57. The molecule has 2 aromatic carbocycles. The summed E-state index contributed by atoms with van der Waals surface area (Å²) in [7, 11) is 1.48. The normalized spacial score (nSPS) is 10.2. The zero-order chi connectivity index (χ0) is 25.7. The summed E-state index contributed by atoms with van der Waals surface area (Å²) in [6, 6.07) is 3.72. The summed E-state index contributed by atoms with van der Waals surface area (Å²) in [6.45, 7) is 2.57. The number of nitro groups is 2. The number of rotatable bonds is 5. The van der Waals surface area contributed by atoms with Crippen molar-refractivity contribution in [3.63, 3.8) is 0 Å². The van der Waals surface area contributed by atoms with Crippen molar-refractivity contribution in [1.82, 2.24) is 20.2 Å². The molecule has 3 aromatic rings. The van der Waals surface area contributed by atoms with Crippen LogP contribution in [0.3, 0.4) is 0 Å². The highest BCUT2D eigenvalue weighted by Crippen LogP contribution is 2.25. The number of hydrogen-bond acceptors (Lipinski definition) is 9. The molecule has 0 bridgehead atoms. The minimum absolute atomic E-state index is 0.000283. The van der Waals surface area contributed by atoms with E-state index >= 15 is 0 Å². The van der Waals surface area contributed by atoms with Gasteiger partial charge in [-0.3, -0.25) is 35.1 Å². The van der Waals surface area contributed by atoms with Crippen molar-refractivity contribution in [3.05, 3.63) is 78.4 Å². The molecule has 0 fully saturated rings. The number of benzene rings is 2. The van der Waals surface area contributed by atoms with E-state index in [9.17, 15) is 38.6 Å². The molecule has 0 unspecified atom stereocenters. The molecule has 178 valence electrons. The van der Waals surface area contributed by atoms with Gasteiger partial charge in [0.15, 0.2) is 0 Å². The van der Waals surface area contributed by atoms with Gasteiger partial charge in [0.05, 0.1) is 21.0 Å². The van der Waals surface area contributed by atoms with Crippen LogP contribution in [0.5, 0.6) is 0 Å². The first-order valence-corrected chi connectivity index (χ1v) is 9.35. The van der Waals surface area contributed by atoms with Crippen LogP contribution in [0.2, 0.25) is 0 Å². The van der Waals surface area contributed by atoms with E-state index in [1.54, 1.807) is 0 Å². The second kappa shape index (κ2) is 10.5. The maximum atomic E-state index is 13.7. The molecule has 0 saturated carbocycles. The van der Waals surface area contributed by atoms with Gasteiger partial charge in [0.1, 0.15) is 11.6 Å². The molecule has 13 nitrogen and oxygen atoms in total. The van der Waals surface area contributed by atoms with Gasteiger partial charge in [0.25, 0.3) is 22.5 Å². The van der Waals surface area contributed by atoms with Crippen LogP contribution in [0.1, 0.15) is 31.8 Å². The van der Waals surface area contributed by atoms with Crippen LogP contribution in [-0.4, -0.2) is 41.2 Å². The molecule has 0 radical (unpaired) electrons. The van der Waals surface area contributed by atoms with E-state index in [1.165, 1.54) is 25.6 Å². The van der Waals surface area contributed by atoms with Crippen molar-refractivity contribution < 1.29 is 28.2 Å². The lowest BCUT2D eigenvalue weighted by molar-refractivity contribution is -0.385. The van der Waals surface area contributed by atoms with Crippen LogP contribution in [0.4, 0.5) is 26.1 Å². The number of carbonyl (C=O) groups excluding carboxylic acids is 2. The fraction of sp³-hybridized carbons (Fsp3) is 0.167. The van der Waals surface area contributed by atoms with Gasteiger partial charge in [0.2, 0.25) is 5.95 Å². The SMILES string of the molecule is Cc1c([N+](=O)[O-])ccc(F)c1C(=O)Cl.Cc1c([N+](=O)[O-])ccc(F)c1C(=O)Nc1nnnn1C. The zero-order valence-electron chi connectivity index (χ0n) is 17.6. The van der Waals surface area contributed by atoms with Crippen LogP contribution in [0.25, 0.3) is 0 Å². The van der Waals surface area contributed by atoms with Crippen molar-refractivity contribution in [3.8, 4) is 0 Å². The Bertz CT molecular complexity index is 1310. The number of nitro benzene ring substituents is 2. The number of anilines is 1. The first kappa shape index (κ1) is 25.9. The van der Waals surface area contributed by atoms with Crippen molar-refractivity contribution >= 4 is 40.1 Å². The minimum Gasteiger partial charge on any atom is -0.289 e. The molecule has 0 aliphatic carbocycles. The molecule has 0 aliphatic heterocycles. The summed E-state index contributed by atoms with van der Waals surface area (Å²) >= 11 is 5.09. The number of nitrogens with zero attached hydrogens (tertiary/aromatic N) is 6. The zero-order valence-corrected chi connectivity index (χ0v) is 18.3. The van der Waals surface area contributed by atoms with Gasteiger partial charge in [0, 0.05) is 30.3 Å². The highest BCUT2D eigenvalue weighted by molar-refractivity contribution is 6.68. The lowest BCUT2D eigenvalue weighted by Gasteiger charge is -2.07. The molecule has 1 amide bonds. The van der Waals surface area contributed by atoms with Crippen LogP contribution < -0.4 is 5.32 Å². The van der Waals surface area contributed by atoms with Gasteiger partial charge in [-0.1, -0.05) is 5.10 Å². The Hall–Kier alpha value is -4.40. The van der Waals surface area contributed by atoms with E-state index in [-0.39, 0.29) is 28.5 Å². The molecule has 0 atom stereocenters. The fourth-order valence-corrected chi connectivity index (χ4v) is 2.98. The molecule has 3 rings (SSSR count). The van der Waals surface area contributed by atoms with Crippen LogP contribution >= 0.6 is 11.6 Å². The number of hydrogen-bond donors (Lipinski definition) is 1. The average Bonchev–Trinajstić information content (AvgIpc) is 3.12. The number of aryl methyl sites for hydroxylation is 1. The maximum absolute atomic E-state index is 13.7. The molecule has 0 saturated heterocycles. The Labute approximate surface area is 193 Å². The third-order valence-corrected chi connectivity index (χ3v) is 4.62. The number of amides is 1. The molecule has 16 heteroatoms. The second-order valence-corrected chi connectivity index (χ2v) is 6.84. The predicted molar refractivity (Wildman–Crippen MR) is 113 cm³/mol. The molecule has 1 heterocycles. The molecular weight excluding hydrogens is 484 g/mol. The van der Waals surface area contributed by atoms with Crippen LogP contribution in [0, 0.1) is 45.7 Å². The number of halogens is 3. The van der Waals surface area contributed by atoms with Gasteiger partial charge in [-0.25, -0.2) is 13.5 Å². The van der Waals surface area contributed by atoms with Crippen molar-refractivity contribution in [1.29, 1.82) is 0 Å². The molecular formula is C18H14ClF2N7O6. The molecule has 0 spiro atoms. The average molecular weight is 498 g/mol. The van der Waals surface area contributed by atoms with E-state index < -0.39 is 43.8 Å². The van der Waals surface area contributed by atoms with Gasteiger partial charge in [-0.05, 0) is 48.0 Å². The van der Waals surface area contributed by atoms with Gasteiger partial charge in [-0.2, -0.15) is 0 Å². The van der Waals surface area contributed by atoms with Gasteiger partial charge in [-0.15, -0.1) is 0 Å². The number of nitrogens with one attached hydrogen (secondary N) is 1. The maximum Gasteiger partial charge on any atom is 0.273 e. The minimum atomic E-state index is -1.04. The lowest BCUT2D eigenvalue weighted by Crippen LogP contribution is -2.18. The monoisotopic (exact) mass is 497 g/mol. The first-order chi connectivity index (χ1) is 15.9. The Morgan fingerprint density at radius 3 is 1.85 bits per heavy atom. The van der Waals surface area contributed by atoms with E-state index in [4.69, 9.17) is 11.6 Å². The third kappa shape index (κ3) is 5.50. The molecule has 1 N–H and O–H groups in total.